The highest BCUT2D eigenvalue weighted by atomic mass is 32.2. The van der Waals surface area contributed by atoms with Gasteiger partial charge in [-0.2, -0.15) is 0 Å². The van der Waals surface area contributed by atoms with Crippen LogP contribution in [0.1, 0.15) is 38.3 Å². The van der Waals surface area contributed by atoms with E-state index in [1.807, 2.05) is 11.8 Å². The molecule has 1 heterocycles. The van der Waals surface area contributed by atoms with E-state index in [4.69, 9.17) is 5.73 Å². The van der Waals surface area contributed by atoms with Crippen LogP contribution in [0.3, 0.4) is 0 Å². The highest BCUT2D eigenvalue weighted by Gasteiger charge is 2.28. The van der Waals surface area contributed by atoms with E-state index in [1.165, 1.54) is 30.0 Å². The molecule has 1 aromatic heterocycles. The third-order valence-corrected chi connectivity index (χ3v) is 5.85. The molecular formula is C12H20N2S2. The third kappa shape index (κ3) is 2.99. The molecule has 2 nitrogen and oxygen atoms in total. The standard InChI is InChI=1S/C12H20N2S2/c1-3-9-4-5-10(13)11(6-9)16-12-14-8(2)7-15-12/h7,9-11H,3-6,13H2,1-2H3. The number of thioether (sulfide) groups is 1. The van der Waals surface area contributed by atoms with Crippen LogP contribution in [0.2, 0.25) is 0 Å². The Hall–Kier alpha value is -0.0600. The van der Waals surface area contributed by atoms with Gasteiger partial charge in [-0.25, -0.2) is 4.98 Å². The maximum Gasteiger partial charge on any atom is 0.150 e. The Labute approximate surface area is 106 Å². The average Bonchev–Trinajstić information content (AvgIpc) is 2.67. The summed E-state index contributed by atoms with van der Waals surface area (Å²) in [5, 5.41) is 2.69. The zero-order chi connectivity index (χ0) is 11.5. The Bertz CT molecular complexity index is 338. The first-order chi connectivity index (χ1) is 7.69. The Morgan fingerprint density at radius 3 is 3.00 bits per heavy atom. The molecular weight excluding hydrogens is 236 g/mol. The molecule has 0 spiro atoms. The summed E-state index contributed by atoms with van der Waals surface area (Å²) in [6, 6.07) is 0.358. The molecule has 90 valence electrons. The van der Waals surface area contributed by atoms with Gasteiger partial charge in [-0.1, -0.05) is 25.1 Å². The van der Waals surface area contributed by atoms with E-state index >= 15 is 0 Å². The molecule has 1 saturated carbocycles. The molecule has 0 amide bonds. The highest BCUT2D eigenvalue weighted by Crippen LogP contribution is 2.37. The Balaban J connectivity index is 1.96. The summed E-state index contributed by atoms with van der Waals surface area (Å²) in [4.78, 5) is 4.52. The van der Waals surface area contributed by atoms with Crippen LogP contribution in [0, 0.1) is 12.8 Å². The second kappa shape index (κ2) is 5.52. The maximum absolute atomic E-state index is 6.21. The van der Waals surface area contributed by atoms with Crippen LogP contribution in [0.5, 0.6) is 0 Å². The van der Waals surface area contributed by atoms with Crippen LogP contribution in [-0.4, -0.2) is 16.3 Å². The minimum Gasteiger partial charge on any atom is -0.327 e. The molecule has 4 heteroatoms. The SMILES string of the molecule is CCC1CCC(N)C(Sc2nc(C)cs2)C1. The summed E-state index contributed by atoms with van der Waals surface area (Å²) in [7, 11) is 0. The minimum absolute atomic E-state index is 0.358. The topological polar surface area (TPSA) is 38.9 Å². The fourth-order valence-electron chi connectivity index (χ4n) is 2.26. The van der Waals surface area contributed by atoms with Gasteiger partial charge in [0.1, 0.15) is 4.34 Å². The zero-order valence-corrected chi connectivity index (χ0v) is 11.6. The fraction of sp³-hybridized carbons (Fsp3) is 0.750. The number of hydrogen-bond donors (Lipinski definition) is 1. The van der Waals surface area contributed by atoms with Gasteiger partial charge >= 0.3 is 0 Å². The molecule has 2 N–H and O–H groups in total. The van der Waals surface area contributed by atoms with Crippen molar-refractivity contribution in [2.75, 3.05) is 0 Å². The van der Waals surface area contributed by atoms with Crippen molar-refractivity contribution in [3.8, 4) is 0 Å². The lowest BCUT2D eigenvalue weighted by molar-refractivity contribution is 0.327. The third-order valence-electron chi connectivity index (χ3n) is 3.38. The summed E-state index contributed by atoms with van der Waals surface area (Å²) in [6.45, 7) is 4.34. The Morgan fingerprint density at radius 2 is 2.38 bits per heavy atom. The average molecular weight is 256 g/mol. The van der Waals surface area contributed by atoms with Crippen molar-refractivity contribution in [2.45, 2.75) is 55.2 Å². The van der Waals surface area contributed by atoms with Crippen LogP contribution < -0.4 is 5.73 Å². The minimum atomic E-state index is 0.358. The van der Waals surface area contributed by atoms with Crippen molar-refractivity contribution in [1.82, 2.24) is 4.98 Å². The monoisotopic (exact) mass is 256 g/mol. The number of nitrogens with zero attached hydrogens (tertiary/aromatic N) is 1. The van der Waals surface area contributed by atoms with Gasteiger partial charge < -0.3 is 5.73 Å². The van der Waals surface area contributed by atoms with Gasteiger partial charge in [0, 0.05) is 22.4 Å². The molecule has 1 fully saturated rings. The Morgan fingerprint density at radius 1 is 1.56 bits per heavy atom. The maximum atomic E-state index is 6.21. The molecule has 0 radical (unpaired) electrons. The van der Waals surface area contributed by atoms with Gasteiger partial charge in [0.25, 0.3) is 0 Å². The fourth-order valence-corrected chi connectivity index (χ4v) is 4.65. The van der Waals surface area contributed by atoms with Gasteiger partial charge in [-0.15, -0.1) is 11.3 Å². The summed E-state index contributed by atoms with van der Waals surface area (Å²) >= 11 is 3.65. The number of rotatable bonds is 3. The lowest BCUT2D eigenvalue weighted by Crippen LogP contribution is -2.38. The first-order valence-electron chi connectivity index (χ1n) is 6.03. The van der Waals surface area contributed by atoms with Crippen LogP contribution >= 0.6 is 23.1 Å². The van der Waals surface area contributed by atoms with Crippen LogP contribution in [0.15, 0.2) is 9.72 Å². The summed E-state index contributed by atoms with van der Waals surface area (Å²) in [6.07, 6.45) is 5.05. The largest absolute Gasteiger partial charge is 0.327 e. The molecule has 1 aliphatic carbocycles. The summed E-state index contributed by atoms with van der Waals surface area (Å²) in [5.74, 6) is 0.873. The van der Waals surface area contributed by atoms with Gasteiger partial charge in [-0.3, -0.25) is 0 Å². The normalized spacial score (nSPS) is 30.6. The van der Waals surface area contributed by atoms with Crippen LogP contribution in [-0.2, 0) is 0 Å². The molecule has 1 aliphatic rings. The molecule has 3 atom stereocenters. The van der Waals surface area contributed by atoms with Crippen LogP contribution in [0.25, 0.3) is 0 Å². The van der Waals surface area contributed by atoms with Crippen molar-refractivity contribution in [3.05, 3.63) is 11.1 Å². The van der Waals surface area contributed by atoms with E-state index in [0.29, 0.717) is 11.3 Å². The number of aromatic nitrogens is 1. The van der Waals surface area contributed by atoms with E-state index in [9.17, 15) is 0 Å². The second-order valence-electron chi connectivity index (χ2n) is 4.66. The first kappa shape index (κ1) is 12.4. The zero-order valence-electron chi connectivity index (χ0n) is 9.98. The van der Waals surface area contributed by atoms with Crippen molar-refractivity contribution in [3.63, 3.8) is 0 Å². The number of thiazole rings is 1. The molecule has 0 aliphatic heterocycles. The molecule has 0 bridgehead atoms. The van der Waals surface area contributed by atoms with Crippen molar-refractivity contribution in [1.29, 1.82) is 0 Å². The smallest absolute Gasteiger partial charge is 0.150 e. The van der Waals surface area contributed by atoms with E-state index in [0.717, 1.165) is 11.6 Å². The van der Waals surface area contributed by atoms with E-state index in [2.05, 4.69) is 24.2 Å². The summed E-state index contributed by atoms with van der Waals surface area (Å²) in [5.41, 5.74) is 7.34. The van der Waals surface area contributed by atoms with E-state index in [1.54, 1.807) is 11.3 Å². The van der Waals surface area contributed by atoms with Gasteiger partial charge in [0.15, 0.2) is 0 Å². The molecule has 1 aromatic rings. The number of nitrogens with two attached hydrogens (primary N) is 1. The lowest BCUT2D eigenvalue weighted by Gasteiger charge is -2.32. The predicted molar refractivity (Wildman–Crippen MR) is 72.1 cm³/mol. The predicted octanol–water partition coefficient (Wildman–Crippen LogP) is 3.45. The van der Waals surface area contributed by atoms with Crippen molar-refractivity contribution >= 4 is 23.1 Å². The highest BCUT2D eigenvalue weighted by molar-refractivity contribution is 8.01. The van der Waals surface area contributed by atoms with E-state index in [-0.39, 0.29) is 0 Å². The number of hydrogen-bond acceptors (Lipinski definition) is 4. The molecule has 0 saturated heterocycles. The van der Waals surface area contributed by atoms with Crippen molar-refractivity contribution < 1.29 is 0 Å². The van der Waals surface area contributed by atoms with E-state index < -0.39 is 0 Å². The summed E-state index contributed by atoms with van der Waals surface area (Å²) < 4.78 is 1.19. The Kier molecular flexibility index (Phi) is 4.27. The molecule has 16 heavy (non-hydrogen) atoms. The lowest BCUT2D eigenvalue weighted by atomic mass is 9.84. The second-order valence-corrected chi connectivity index (χ2v) is 7.01. The molecule has 3 unspecified atom stereocenters. The molecule has 2 rings (SSSR count). The first-order valence-corrected chi connectivity index (χ1v) is 7.79. The van der Waals surface area contributed by atoms with Gasteiger partial charge in [0.05, 0.1) is 0 Å². The van der Waals surface area contributed by atoms with Crippen LogP contribution in [0.4, 0.5) is 0 Å². The van der Waals surface area contributed by atoms with Crippen molar-refractivity contribution in [2.24, 2.45) is 11.7 Å². The number of aryl methyl sites for hydroxylation is 1. The quantitative estimate of drug-likeness (QED) is 0.900. The van der Waals surface area contributed by atoms with Gasteiger partial charge in [-0.05, 0) is 32.1 Å². The molecule has 0 aromatic carbocycles. The van der Waals surface area contributed by atoms with Gasteiger partial charge in [0.2, 0.25) is 0 Å².